The van der Waals surface area contributed by atoms with Gasteiger partial charge in [-0.25, -0.2) is 4.98 Å². The number of amides is 1. The number of hydrogen-bond acceptors (Lipinski definition) is 4. The van der Waals surface area contributed by atoms with Crippen molar-refractivity contribution in [1.82, 2.24) is 10.3 Å². The van der Waals surface area contributed by atoms with Gasteiger partial charge in [-0.2, -0.15) is 0 Å². The zero-order valence-electron chi connectivity index (χ0n) is 12.9. The molecule has 0 radical (unpaired) electrons. The molecule has 0 aliphatic carbocycles. The molecule has 0 bridgehead atoms. The van der Waals surface area contributed by atoms with Gasteiger partial charge in [-0.05, 0) is 29.8 Å². The van der Waals surface area contributed by atoms with Crippen LogP contribution in [0.15, 0.2) is 48.5 Å². The second-order valence-electron chi connectivity index (χ2n) is 5.21. The largest absolute Gasteiger partial charge is 0.380 e. The predicted molar refractivity (Wildman–Crippen MR) is 92.8 cm³/mol. The van der Waals surface area contributed by atoms with Gasteiger partial charge in [0.05, 0.1) is 21.8 Å². The van der Waals surface area contributed by atoms with Crippen molar-refractivity contribution in [2.24, 2.45) is 0 Å². The maximum absolute atomic E-state index is 12.2. The topological polar surface area (TPSA) is 51.2 Å². The number of aromatic nitrogens is 1. The average molecular weight is 326 g/mol. The Hall–Kier alpha value is -2.24. The van der Waals surface area contributed by atoms with Crippen LogP contribution in [0, 0.1) is 0 Å². The van der Waals surface area contributed by atoms with Crippen LogP contribution in [0.25, 0.3) is 10.2 Å². The third-order valence-electron chi connectivity index (χ3n) is 3.46. The highest BCUT2D eigenvalue weighted by Crippen LogP contribution is 2.21. The number of fused-ring (bicyclic) bond motifs is 1. The van der Waals surface area contributed by atoms with Crippen LogP contribution < -0.4 is 5.32 Å². The Kier molecular flexibility index (Phi) is 5.00. The molecule has 0 aliphatic heterocycles. The molecular formula is C18H18N2O2S. The van der Waals surface area contributed by atoms with Gasteiger partial charge in [-0.1, -0.05) is 24.3 Å². The average Bonchev–Trinajstić information content (AvgIpc) is 2.98. The van der Waals surface area contributed by atoms with Gasteiger partial charge in [0.1, 0.15) is 0 Å². The molecular weight excluding hydrogens is 308 g/mol. The van der Waals surface area contributed by atoms with Gasteiger partial charge >= 0.3 is 0 Å². The highest BCUT2D eigenvalue weighted by atomic mass is 32.1. The molecule has 0 saturated heterocycles. The summed E-state index contributed by atoms with van der Waals surface area (Å²) in [6.07, 6.45) is 0.739. The number of ether oxygens (including phenoxy) is 1. The number of benzene rings is 2. The first-order chi connectivity index (χ1) is 11.3. The second kappa shape index (κ2) is 7.35. The predicted octanol–water partition coefficient (Wildman–Crippen LogP) is 3.42. The van der Waals surface area contributed by atoms with E-state index in [1.54, 1.807) is 18.4 Å². The smallest absolute Gasteiger partial charge is 0.251 e. The normalized spacial score (nSPS) is 10.8. The molecule has 1 N–H and O–H groups in total. The molecule has 0 fully saturated rings. The first-order valence-electron chi connectivity index (χ1n) is 7.47. The third-order valence-corrected chi connectivity index (χ3v) is 4.56. The van der Waals surface area contributed by atoms with E-state index in [2.05, 4.69) is 16.4 Å². The van der Waals surface area contributed by atoms with Gasteiger partial charge in [0.2, 0.25) is 0 Å². The summed E-state index contributed by atoms with van der Waals surface area (Å²) in [6.45, 7) is 1.08. The number of carbonyl (C=O) groups excluding carboxylic acids is 1. The maximum atomic E-state index is 12.2. The van der Waals surface area contributed by atoms with E-state index in [1.165, 1.54) is 4.70 Å². The molecule has 0 aliphatic rings. The lowest BCUT2D eigenvalue weighted by atomic mass is 10.1. The minimum atomic E-state index is -0.0657. The molecule has 0 spiro atoms. The molecule has 23 heavy (non-hydrogen) atoms. The van der Waals surface area contributed by atoms with Crippen molar-refractivity contribution in [3.05, 3.63) is 64.7 Å². The van der Waals surface area contributed by atoms with Crippen LogP contribution in [0.2, 0.25) is 0 Å². The summed E-state index contributed by atoms with van der Waals surface area (Å²) in [5, 5.41) is 3.99. The summed E-state index contributed by atoms with van der Waals surface area (Å²) in [7, 11) is 1.64. The molecule has 2 aromatic carbocycles. The van der Waals surface area contributed by atoms with Crippen molar-refractivity contribution in [2.45, 2.75) is 13.0 Å². The minimum Gasteiger partial charge on any atom is -0.380 e. The number of methoxy groups -OCH3 is 1. The van der Waals surface area contributed by atoms with Crippen LogP contribution >= 0.6 is 11.3 Å². The third kappa shape index (κ3) is 3.94. The van der Waals surface area contributed by atoms with E-state index in [0.29, 0.717) is 18.7 Å². The van der Waals surface area contributed by atoms with Crippen LogP contribution in [0.1, 0.15) is 20.9 Å². The molecule has 0 saturated carbocycles. The summed E-state index contributed by atoms with van der Waals surface area (Å²) in [4.78, 5) is 16.8. The Morgan fingerprint density at radius 3 is 2.91 bits per heavy atom. The number of para-hydroxylation sites is 1. The quantitative estimate of drug-likeness (QED) is 0.755. The maximum Gasteiger partial charge on any atom is 0.251 e. The zero-order chi connectivity index (χ0) is 16.1. The second-order valence-corrected chi connectivity index (χ2v) is 6.33. The zero-order valence-corrected chi connectivity index (χ0v) is 13.7. The first kappa shape index (κ1) is 15.6. The highest BCUT2D eigenvalue weighted by Gasteiger charge is 2.07. The molecule has 3 aromatic rings. The number of rotatable bonds is 6. The van der Waals surface area contributed by atoms with Crippen LogP contribution in [0.5, 0.6) is 0 Å². The van der Waals surface area contributed by atoms with Gasteiger partial charge in [-0.3, -0.25) is 4.79 Å². The van der Waals surface area contributed by atoms with Crippen molar-refractivity contribution < 1.29 is 9.53 Å². The Morgan fingerprint density at radius 1 is 1.22 bits per heavy atom. The van der Waals surface area contributed by atoms with Gasteiger partial charge in [0, 0.05) is 25.6 Å². The van der Waals surface area contributed by atoms with Crippen LogP contribution in [-0.2, 0) is 17.8 Å². The molecule has 0 atom stereocenters. The van der Waals surface area contributed by atoms with E-state index in [-0.39, 0.29) is 5.91 Å². The van der Waals surface area contributed by atoms with E-state index in [4.69, 9.17) is 4.74 Å². The summed E-state index contributed by atoms with van der Waals surface area (Å²) < 4.78 is 6.27. The van der Waals surface area contributed by atoms with Gasteiger partial charge in [0.15, 0.2) is 0 Å². The van der Waals surface area contributed by atoms with E-state index < -0.39 is 0 Å². The summed E-state index contributed by atoms with van der Waals surface area (Å²) in [5.41, 5.74) is 2.67. The number of carbonyl (C=O) groups is 1. The lowest BCUT2D eigenvalue weighted by Gasteiger charge is -2.06. The van der Waals surface area contributed by atoms with Gasteiger partial charge < -0.3 is 10.1 Å². The number of thiazole rings is 1. The Bertz CT molecular complexity index is 780. The van der Waals surface area contributed by atoms with Crippen molar-refractivity contribution in [1.29, 1.82) is 0 Å². The summed E-state index contributed by atoms with van der Waals surface area (Å²) >= 11 is 1.67. The summed E-state index contributed by atoms with van der Waals surface area (Å²) in [5.74, 6) is -0.0657. The number of nitrogens with zero attached hydrogens (tertiary/aromatic N) is 1. The van der Waals surface area contributed by atoms with E-state index in [1.807, 2.05) is 42.5 Å². The Balaban J connectivity index is 1.57. The van der Waals surface area contributed by atoms with Crippen molar-refractivity contribution in [3.8, 4) is 0 Å². The molecule has 1 aromatic heterocycles. The van der Waals surface area contributed by atoms with E-state index >= 15 is 0 Å². The Morgan fingerprint density at radius 2 is 2.09 bits per heavy atom. The first-order valence-corrected chi connectivity index (χ1v) is 8.28. The number of nitrogens with one attached hydrogen (secondary N) is 1. The molecule has 5 heteroatoms. The van der Waals surface area contributed by atoms with E-state index in [0.717, 1.165) is 22.5 Å². The van der Waals surface area contributed by atoms with Crippen molar-refractivity contribution in [2.75, 3.05) is 13.7 Å². The fourth-order valence-electron chi connectivity index (χ4n) is 2.38. The Labute approximate surface area is 139 Å². The molecule has 0 unspecified atom stereocenters. The van der Waals surface area contributed by atoms with Crippen molar-refractivity contribution >= 4 is 27.5 Å². The lowest BCUT2D eigenvalue weighted by Crippen LogP contribution is -2.25. The van der Waals surface area contributed by atoms with Gasteiger partial charge in [-0.15, -0.1) is 11.3 Å². The molecule has 3 rings (SSSR count). The molecule has 1 amide bonds. The molecule has 4 nitrogen and oxygen atoms in total. The fraction of sp³-hybridized carbons (Fsp3) is 0.222. The highest BCUT2D eigenvalue weighted by molar-refractivity contribution is 7.18. The minimum absolute atomic E-state index is 0.0657. The molecule has 1 heterocycles. The SMILES string of the molecule is COCc1cccc(C(=O)NCCc2nc3ccccc3s2)c1. The molecule has 118 valence electrons. The van der Waals surface area contributed by atoms with E-state index in [9.17, 15) is 4.79 Å². The van der Waals surface area contributed by atoms with Crippen LogP contribution in [-0.4, -0.2) is 24.5 Å². The van der Waals surface area contributed by atoms with Gasteiger partial charge in [0.25, 0.3) is 5.91 Å². The summed E-state index contributed by atoms with van der Waals surface area (Å²) in [6, 6.07) is 15.6. The fourth-order valence-corrected chi connectivity index (χ4v) is 3.35. The number of hydrogen-bond donors (Lipinski definition) is 1. The standard InChI is InChI=1S/C18H18N2O2S/c1-22-12-13-5-4-6-14(11-13)18(21)19-10-9-17-20-15-7-2-3-8-16(15)23-17/h2-8,11H,9-10,12H2,1H3,(H,19,21). The monoisotopic (exact) mass is 326 g/mol. The van der Waals surface area contributed by atoms with Crippen molar-refractivity contribution in [3.63, 3.8) is 0 Å². The lowest BCUT2D eigenvalue weighted by molar-refractivity contribution is 0.0954. The van der Waals surface area contributed by atoms with Crippen LogP contribution in [0.3, 0.4) is 0 Å². The van der Waals surface area contributed by atoms with Crippen LogP contribution in [0.4, 0.5) is 0 Å².